The standard InChI is InChI=1S/C12H18N6O2S/c1-16-7-11(13-8-16)21(19,20)18-6-4-3-5-10(18)12-15-14-9-17(12)2/h7-10H,3-6H2,1-2H3/t10-/m1/s1. The summed E-state index contributed by atoms with van der Waals surface area (Å²) in [6.45, 7) is 0.483. The molecular weight excluding hydrogens is 292 g/mol. The van der Waals surface area contributed by atoms with Crippen molar-refractivity contribution in [2.45, 2.75) is 30.3 Å². The van der Waals surface area contributed by atoms with Crippen LogP contribution >= 0.6 is 0 Å². The maximum Gasteiger partial charge on any atom is 0.262 e. The molecular formula is C12H18N6O2S. The summed E-state index contributed by atoms with van der Waals surface area (Å²) in [4.78, 5) is 3.99. The van der Waals surface area contributed by atoms with Gasteiger partial charge < -0.3 is 9.13 Å². The molecule has 0 radical (unpaired) electrons. The van der Waals surface area contributed by atoms with E-state index in [0.29, 0.717) is 12.4 Å². The Morgan fingerprint density at radius 2 is 2.05 bits per heavy atom. The second-order valence-electron chi connectivity index (χ2n) is 5.30. The second kappa shape index (κ2) is 5.23. The number of aromatic nitrogens is 5. The molecule has 1 fully saturated rings. The lowest BCUT2D eigenvalue weighted by molar-refractivity contribution is 0.242. The first-order valence-electron chi connectivity index (χ1n) is 6.84. The number of aryl methyl sites for hydroxylation is 2. The summed E-state index contributed by atoms with van der Waals surface area (Å²) >= 11 is 0. The minimum atomic E-state index is -3.61. The van der Waals surface area contributed by atoms with Gasteiger partial charge in [0.15, 0.2) is 10.9 Å². The van der Waals surface area contributed by atoms with E-state index >= 15 is 0 Å². The lowest BCUT2D eigenvalue weighted by atomic mass is 10.0. The van der Waals surface area contributed by atoms with Gasteiger partial charge in [-0.15, -0.1) is 10.2 Å². The Hall–Kier alpha value is -1.74. The minimum Gasteiger partial charge on any atom is -0.339 e. The summed E-state index contributed by atoms with van der Waals surface area (Å²) in [5.41, 5.74) is 0. The smallest absolute Gasteiger partial charge is 0.262 e. The molecule has 0 bridgehead atoms. The van der Waals surface area contributed by atoms with E-state index in [1.165, 1.54) is 16.8 Å². The third-order valence-electron chi connectivity index (χ3n) is 3.75. The number of sulfonamides is 1. The molecule has 1 aliphatic heterocycles. The summed E-state index contributed by atoms with van der Waals surface area (Å²) in [6, 6.07) is -0.279. The fourth-order valence-electron chi connectivity index (χ4n) is 2.69. The monoisotopic (exact) mass is 310 g/mol. The number of rotatable bonds is 3. The number of nitrogens with zero attached hydrogens (tertiary/aromatic N) is 6. The molecule has 0 amide bonds. The lowest BCUT2D eigenvalue weighted by Gasteiger charge is -2.33. The first kappa shape index (κ1) is 14.2. The van der Waals surface area contributed by atoms with Gasteiger partial charge in [-0.2, -0.15) is 4.31 Å². The van der Waals surface area contributed by atoms with Crippen LogP contribution < -0.4 is 0 Å². The zero-order valence-electron chi connectivity index (χ0n) is 12.0. The van der Waals surface area contributed by atoms with Crippen LogP contribution in [0.3, 0.4) is 0 Å². The van der Waals surface area contributed by atoms with Gasteiger partial charge in [-0.05, 0) is 12.8 Å². The van der Waals surface area contributed by atoms with Crippen molar-refractivity contribution in [1.29, 1.82) is 0 Å². The predicted octanol–water partition coefficient (Wildman–Crippen LogP) is 0.464. The van der Waals surface area contributed by atoms with Crippen molar-refractivity contribution < 1.29 is 8.42 Å². The molecule has 0 N–H and O–H groups in total. The first-order chi connectivity index (χ1) is 10.00. The predicted molar refractivity (Wildman–Crippen MR) is 74.7 cm³/mol. The van der Waals surface area contributed by atoms with Crippen LogP contribution in [-0.4, -0.2) is 43.6 Å². The average molecular weight is 310 g/mol. The van der Waals surface area contributed by atoms with Crippen LogP contribution in [-0.2, 0) is 24.1 Å². The molecule has 0 aromatic carbocycles. The number of hydrogen-bond donors (Lipinski definition) is 0. The summed E-state index contributed by atoms with van der Waals surface area (Å²) in [5, 5.41) is 8.03. The Labute approximate surface area is 123 Å². The molecule has 2 aromatic heterocycles. The normalized spacial score (nSPS) is 20.8. The molecule has 114 valence electrons. The summed E-state index contributed by atoms with van der Waals surface area (Å²) < 4.78 is 30.5. The summed E-state index contributed by atoms with van der Waals surface area (Å²) in [6.07, 6.45) is 7.19. The Kier molecular flexibility index (Phi) is 3.54. The van der Waals surface area contributed by atoms with Gasteiger partial charge in [-0.1, -0.05) is 6.42 Å². The Morgan fingerprint density at radius 1 is 1.24 bits per heavy atom. The molecule has 3 rings (SSSR count). The van der Waals surface area contributed by atoms with Gasteiger partial charge in [0, 0.05) is 26.8 Å². The molecule has 0 aliphatic carbocycles. The fourth-order valence-corrected chi connectivity index (χ4v) is 4.31. The van der Waals surface area contributed by atoms with Gasteiger partial charge in [-0.3, -0.25) is 0 Å². The topological polar surface area (TPSA) is 85.9 Å². The quantitative estimate of drug-likeness (QED) is 0.822. The zero-order chi connectivity index (χ0) is 15.0. The van der Waals surface area contributed by atoms with E-state index in [0.717, 1.165) is 19.3 Å². The van der Waals surface area contributed by atoms with Crippen LogP contribution in [0.15, 0.2) is 23.9 Å². The second-order valence-corrected chi connectivity index (χ2v) is 7.14. The Bertz CT molecular complexity index is 735. The van der Waals surface area contributed by atoms with E-state index < -0.39 is 10.0 Å². The molecule has 1 saturated heterocycles. The molecule has 1 aliphatic rings. The zero-order valence-corrected chi connectivity index (χ0v) is 12.9. The number of hydrogen-bond acceptors (Lipinski definition) is 5. The maximum atomic E-state index is 12.8. The van der Waals surface area contributed by atoms with Crippen molar-refractivity contribution in [3.05, 3.63) is 24.7 Å². The number of imidazole rings is 1. The molecule has 0 saturated carbocycles. The van der Waals surface area contributed by atoms with Crippen molar-refractivity contribution >= 4 is 10.0 Å². The molecule has 21 heavy (non-hydrogen) atoms. The number of piperidine rings is 1. The fraction of sp³-hybridized carbons (Fsp3) is 0.583. The molecule has 3 heterocycles. The highest BCUT2D eigenvalue weighted by Gasteiger charge is 2.37. The minimum absolute atomic E-state index is 0.0825. The average Bonchev–Trinajstić information content (AvgIpc) is 3.08. The first-order valence-corrected chi connectivity index (χ1v) is 8.28. The van der Waals surface area contributed by atoms with Crippen LogP contribution in [0, 0.1) is 0 Å². The highest BCUT2D eigenvalue weighted by atomic mass is 32.2. The van der Waals surface area contributed by atoms with Crippen LogP contribution in [0.5, 0.6) is 0 Å². The molecule has 2 aromatic rings. The third kappa shape index (κ3) is 2.46. The maximum absolute atomic E-state index is 12.8. The van der Waals surface area contributed by atoms with Crippen molar-refractivity contribution in [2.24, 2.45) is 14.1 Å². The third-order valence-corrected chi connectivity index (χ3v) is 5.55. The largest absolute Gasteiger partial charge is 0.339 e. The van der Waals surface area contributed by atoms with Crippen molar-refractivity contribution in [3.63, 3.8) is 0 Å². The van der Waals surface area contributed by atoms with E-state index in [-0.39, 0.29) is 11.1 Å². The summed E-state index contributed by atoms with van der Waals surface area (Å²) in [5.74, 6) is 0.675. The van der Waals surface area contributed by atoms with Crippen molar-refractivity contribution in [1.82, 2.24) is 28.6 Å². The van der Waals surface area contributed by atoms with E-state index in [2.05, 4.69) is 15.2 Å². The van der Waals surface area contributed by atoms with Crippen LogP contribution in [0.25, 0.3) is 0 Å². The molecule has 0 unspecified atom stereocenters. The van der Waals surface area contributed by atoms with Crippen LogP contribution in [0.4, 0.5) is 0 Å². The van der Waals surface area contributed by atoms with Gasteiger partial charge in [0.25, 0.3) is 10.0 Å². The lowest BCUT2D eigenvalue weighted by Crippen LogP contribution is -2.39. The van der Waals surface area contributed by atoms with Crippen molar-refractivity contribution in [2.75, 3.05) is 6.54 Å². The van der Waals surface area contributed by atoms with Crippen LogP contribution in [0.1, 0.15) is 31.1 Å². The van der Waals surface area contributed by atoms with Gasteiger partial charge >= 0.3 is 0 Å². The summed E-state index contributed by atoms with van der Waals surface area (Å²) in [7, 11) is -0.0317. The highest BCUT2D eigenvalue weighted by Crippen LogP contribution is 2.33. The van der Waals surface area contributed by atoms with Crippen molar-refractivity contribution in [3.8, 4) is 0 Å². The van der Waals surface area contributed by atoms with E-state index in [1.54, 1.807) is 22.5 Å². The van der Waals surface area contributed by atoms with E-state index in [1.807, 2.05) is 7.05 Å². The SMILES string of the molecule is Cn1cnc(S(=O)(=O)N2CCCC[C@@H]2c2nncn2C)c1. The molecule has 9 heteroatoms. The Morgan fingerprint density at radius 3 is 2.67 bits per heavy atom. The van der Waals surface area contributed by atoms with Gasteiger partial charge in [0.1, 0.15) is 6.33 Å². The Balaban J connectivity index is 2.00. The van der Waals surface area contributed by atoms with Gasteiger partial charge in [0.2, 0.25) is 0 Å². The molecule has 0 spiro atoms. The van der Waals surface area contributed by atoms with Gasteiger partial charge in [-0.25, -0.2) is 13.4 Å². The molecule has 8 nitrogen and oxygen atoms in total. The van der Waals surface area contributed by atoms with E-state index in [9.17, 15) is 8.42 Å². The highest BCUT2D eigenvalue weighted by molar-refractivity contribution is 7.89. The molecule has 1 atom stereocenters. The van der Waals surface area contributed by atoms with Crippen LogP contribution in [0.2, 0.25) is 0 Å². The van der Waals surface area contributed by atoms with E-state index in [4.69, 9.17) is 0 Å². The van der Waals surface area contributed by atoms with Gasteiger partial charge in [0.05, 0.1) is 12.4 Å².